The molecule has 1 N–H and O–H groups in total. The van der Waals surface area contributed by atoms with Crippen LogP contribution in [0, 0.1) is 5.82 Å². The zero-order valence-corrected chi connectivity index (χ0v) is 16.6. The second kappa shape index (κ2) is 8.37. The minimum atomic E-state index is -0.281. The highest BCUT2D eigenvalue weighted by Gasteiger charge is 2.29. The van der Waals surface area contributed by atoms with E-state index in [0.717, 1.165) is 27.9 Å². The lowest BCUT2D eigenvalue weighted by Crippen LogP contribution is -2.40. The van der Waals surface area contributed by atoms with Crippen molar-refractivity contribution in [3.63, 3.8) is 0 Å². The maximum atomic E-state index is 13.7. The zero-order chi connectivity index (χ0) is 19.5. The molecule has 0 spiro atoms. The molecule has 0 radical (unpaired) electrons. The Morgan fingerprint density at radius 3 is 3.00 bits per heavy atom. The average Bonchev–Trinajstić information content (AvgIpc) is 2.69. The summed E-state index contributed by atoms with van der Waals surface area (Å²) < 4.78 is 13.7. The van der Waals surface area contributed by atoms with E-state index in [9.17, 15) is 9.18 Å². The summed E-state index contributed by atoms with van der Waals surface area (Å²) in [6, 6.07) is 14.0. The molecule has 1 aromatic heterocycles. The molecule has 1 fully saturated rings. The van der Waals surface area contributed by atoms with Gasteiger partial charge in [0.15, 0.2) is 0 Å². The largest absolute Gasteiger partial charge is 0.383 e. The predicted octanol–water partition coefficient (Wildman–Crippen LogP) is 5.10. The number of hydrogen-bond acceptors (Lipinski definition) is 4. The molecule has 7 heteroatoms. The number of anilines is 1. The molecule has 2 heterocycles. The second-order valence-electron chi connectivity index (χ2n) is 6.56. The van der Waals surface area contributed by atoms with Gasteiger partial charge in [-0.15, -0.1) is 11.8 Å². The van der Waals surface area contributed by atoms with Crippen LogP contribution in [0.15, 0.2) is 54.7 Å². The highest BCUT2D eigenvalue weighted by atomic mass is 35.5. The maximum Gasteiger partial charge on any atom is 0.224 e. The summed E-state index contributed by atoms with van der Waals surface area (Å²) >= 11 is 7.72. The molecule has 4 rings (SSSR count). The Kier molecular flexibility index (Phi) is 5.69. The number of carbonyl (C=O) groups is 1. The second-order valence-corrected chi connectivity index (χ2v) is 8.19. The molecule has 1 amide bonds. The summed E-state index contributed by atoms with van der Waals surface area (Å²) in [6.07, 6.45) is 2.24. The van der Waals surface area contributed by atoms with Crippen LogP contribution in [0.2, 0.25) is 5.02 Å². The van der Waals surface area contributed by atoms with E-state index >= 15 is 0 Å². The van der Waals surface area contributed by atoms with Crippen LogP contribution >= 0.6 is 23.4 Å². The minimum absolute atomic E-state index is 0.0983. The number of hydrogen-bond donors (Lipinski definition) is 1. The summed E-state index contributed by atoms with van der Waals surface area (Å²) in [5.74, 6) is 0.567. The van der Waals surface area contributed by atoms with Crippen LogP contribution in [0.5, 0.6) is 0 Å². The third-order valence-electron chi connectivity index (χ3n) is 4.70. The van der Waals surface area contributed by atoms with E-state index in [1.807, 2.05) is 35.2 Å². The standard InChI is InChI=1S/C21H19ClFN3OS/c22-15-4-5-17-18(6-8-24-19(17)13-15)25-9-10-26-20(27)7-11-28-21(26)14-2-1-3-16(23)12-14/h1-6,8,12-13,21H,7,9-11H2,(H,24,25). The first-order valence-electron chi connectivity index (χ1n) is 9.06. The quantitative estimate of drug-likeness (QED) is 0.629. The summed E-state index contributed by atoms with van der Waals surface area (Å²) in [5, 5.41) is 4.86. The smallest absolute Gasteiger partial charge is 0.224 e. The van der Waals surface area contributed by atoms with E-state index in [-0.39, 0.29) is 17.1 Å². The van der Waals surface area contributed by atoms with E-state index in [0.29, 0.717) is 24.5 Å². The van der Waals surface area contributed by atoms with Crippen LogP contribution in [0.25, 0.3) is 10.9 Å². The molecule has 1 saturated heterocycles. The number of rotatable bonds is 5. The lowest BCUT2D eigenvalue weighted by atomic mass is 10.1. The predicted molar refractivity (Wildman–Crippen MR) is 113 cm³/mol. The number of aromatic nitrogens is 1. The zero-order valence-electron chi connectivity index (χ0n) is 15.1. The van der Waals surface area contributed by atoms with Gasteiger partial charge in [-0.1, -0.05) is 23.7 Å². The Morgan fingerprint density at radius 2 is 2.14 bits per heavy atom. The first-order chi connectivity index (χ1) is 13.6. The number of thioether (sulfide) groups is 1. The van der Waals surface area contributed by atoms with Crippen molar-refractivity contribution in [2.45, 2.75) is 11.8 Å². The van der Waals surface area contributed by atoms with Crippen LogP contribution in [-0.4, -0.2) is 34.6 Å². The number of nitrogens with one attached hydrogen (secondary N) is 1. The molecule has 0 bridgehead atoms. The van der Waals surface area contributed by atoms with Gasteiger partial charge in [0, 0.05) is 47.6 Å². The summed E-state index contributed by atoms with van der Waals surface area (Å²) in [4.78, 5) is 18.7. The molecule has 1 atom stereocenters. The fourth-order valence-corrected chi connectivity index (χ4v) is 4.81. The van der Waals surface area contributed by atoms with Gasteiger partial charge >= 0.3 is 0 Å². The number of nitrogens with zero attached hydrogens (tertiary/aromatic N) is 2. The molecule has 0 saturated carbocycles. The normalized spacial score (nSPS) is 17.1. The molecule has 1 unspecified atom stereocenters. The third-order valence-corrected chi connectivity index (χ3v) is 6.22. The van der Waals surface area contributed by atoms with Crippen LogP contribution in [0.3, 0.4) is 0 Å². The summed E-state index contributed by atoms with van der Waals surface area (Å²) in [7, 11) is 0. The van der Waals surface area contributed by atoms with E-state index < -0.39 is 0 Å². The summed E-state index contributed by atoms with van der Waals surface area (Å²) in [6.45, 7) is 1.12. The van der Waals surface area contributed by atoms with Crippen molar-refractivity contribution < 1.29 is 9.18 Å². The molecule has 2 aromatic carbocycles. The molecular weight excluding hydrogens is 397 g/mol. The molecule has 144 valence electrons. The number of amides is 1. The van der Waals surface area contributed by atoms with Gasteiger partial charge in [-0.05, 0) is 42.0 Å². The SMILES string of the molecule is O=C1CCSC(c2cccc(F)c2)N1CCNc1ccnc2cc(Cl)ccc12. The molecular formula is C21H19ClFN3OS. The molecule has 3 aromatic rings. The van der Waals surface area contributed by atoms with Gasteiger partial charge in [-0.2, -0.15) is 0 Å². The highest BCUT2D eigenvalue weighted by Crippen LogP contribution is 2.37. The van der Waals surface area contributed by atoms with Crippen molar-refractivity contribution in [2.75, 3.05) is 24.2 Å². The Balaban J connectivity index is 1.49. The van der Waals surface area contributed by atoms with Gasteiger partial charge < -0.3 is 10.2 Å². The van der Waals surface area contributed by atoms with E-state index in [4.69, 9.17) is 11.6 Å². The monoisotopic (exact) mass is 415 g/mol. The fourth-order valence-electron chi connectivity index (χ4n) is 3.39. The van der Waals surface area contributed by atoms with E-state index in [1.54, 1.807) is 24.0 Å². The van der Waals surface area contributed by atoms with Crippen molar-refractivity contribution in [3.8, 4) is 0 Å². The van der Waals surface area contributed by atoms with Crippen molar-refractivity contribution in [1.29, 1.82) is 0 Å². The van der Waals surface area contributed by atoms with Crippen LogP contribution in [-0.2, 0) is 4.79 Å². The Morgan fingerprint density at radius 1 is 1.25 bits per heavy atom. The van der Waals surface area contributed by atoms with E-state index in [2.05, 4.69) is 10.3 Å². The van der Waals surface area contributed by atoms with Crippen molar-refractivity contribution in [1.82, 2.24) is 9.88 Å². The van der Waals surface area contributed by atoms with Crippen molar-refractivity contribution in [3.05, 3.63) is 71.1 Å². The first-order valence-corrected chi connectivity index (χ1v) is 10.5. The lowest BCUT2D eigenvalue weighted by molar-refractivity contribution is -0.131. The topological polar surface area (TPSA) is 45.2 Å². The highest BCUT2D eigenvalue weighted by molar-refractivity contribution is 7.99. The maximum absolute atomic E-state index is 13.7. The number of fused-ring (bicyclic) bond motifs is 1. The minimum Gasteiger partial charge on any atom is -0.383 e. The van der Waals surface area contributed by atoms with Crippen LogP contribution in [0.1, 0.15) is 17.4 Å². The molecule has 0 aliphatic carbocycles. The van der Waals surface area contributed by atoms with Crippen LogP contribution < -0.4 is 5.32 Å². The number of pyridine rings is 1. The van der Waals surface area contributed by atoms with Gasteiger partial charge in [-0.3, -0.25) is 9.78 Å². The first kappa shape index (κ1) is 19.0. The summed E-state index contributed by atoms with van der Waals surface area (Å²) in [5.41, 5.74) is 2.59. The van der Waals surface area contributed by atoms with Crippen molar-refractivity contribution >= 4 is 45.9 Å². The molecule has 1 aliphatic heterocycles. The third kappa shape index (κ3) is 4.08. The van der Waals surface area contributed by atoms with Gasteiger partial charge in [0.2, 0.25) is 5.91 Å². The fraction of sp³-hybridized carbons (Fsp3) is 0.238. The van der Waals surface area contributed by atoms with Crippen LogP contribution in [0.4, 0.5) is 10.1 Å². The molecule has 4 nitrogen and oxygen atoms in total. The van der Waals surface area contributed by atoms with Gasteiger partial charge in [0.1, 0.15) is 11.2 Å². The molecule has 1 aliphatic rings. The van der Waals surface area contributed by atoms with Crippen molar-refractivity contribution in [2.24, 2.45) is 0 Å². The molecule has 28 heavy (non-hydrogen) atoms. The number of benzene rings is 2. The number of halogens is 2. The Bertz CT molecular complexity index is 1020. The van der Waals surface area contributed by atoms with Gasteiger partial charge in [-0.25, -0.2) is 4.39 Å². The number of carbonyl (C=O) groups excluding carboxylic acids is 1. The van der Waals surface area contributed by atoms with Gasteiger partial charge in [0.25, 0.3) is 0 Å². The average molecular weight is 416 g/mol. The lowest BCUT2D eigenvalue weighted by Gasteiger charge is -2.35. The Hall–Kier alpha value is -2.31. The van der Waals surface area contributed by atoms with Gasteiger partial charge in [0.05, 0.1) is 5.52 Å². The Labute approximate surface area is 172 Å². The van der Waals surface area contributed by atoms with E-state index in [1.165, 1.54) is 12.1 Å².